The molecule has 0 saturated carbocycles. The molecule has 3 rings (SSSR count). The molecule has 1 aliphatic heterocycles. The van der Waals surface area contributed by atoms with Crippen LogP contribution in [0.1, 0.15) is 29.3 Å². The van der Waals surface area contributed by atoms with Crippen LogP contribution in [-0.4, -0.2) is 67.2 Å². The topological polar surface area (TPSA) is 113 Å². The molecule has 210 valence electrons. The number of ether oxygens (including phenoxy) is 5. The van der Waals surface area contributed by atoms with Gasteiger partial charge in [0.05, 0.1) is 38.1 Å². The van der Waals surface area contributed by atoms with E-state index in [9.17, 15) is 14.4 Å². The Bertz CT molecular complexity index is 1240. The first-order chi connectivity index (χ1) is 18.4. The van der Waals surface area contributed by atoms with Crippen LogP contribution in [0.25, 0.3) is 5.57 Å². The third kappa shape index (κ3) is 8.15. The summed E-state index contributed by atoms with van der Waals surface area (Å²) < 4.78 is 24.3. The van der Waals surface area contributed by atoms with E-state index in [-0.39, 0.29) is 35.4 Å². The molecule has 0 radical (unpaired) electrons. The smallest absolute Gasteiger partial charge is 0.411 e. The van der Waals surface area contributed by atoms with Gasteiger partial charge in [-0.2, -0.15) is 0 Å². The molecule has 10 nitrogen and oxygen atoms in total. The minimum Gasteiger partial charge on any atom is -0.497 e. The van der Waals surface area contributed by atoms with Crippen molar-refractivity contribution in [2.24, 2.45) is 0 Å². The first-order valence-corrected chi connectivity index (χ1v) is 12.7. The fourth-order valence-corrected chi connectivity index (χ4v) is 4.06. The van der Waals surface area contributed by atoms with Crippen molar-refractivity contribution < 1.29 is 38.1 Å². The van der Waals surface area contributed by atoms with Gasteiger partial charge in [-0.1, -0.05) is 46.9 Å². The van der Waals surface area contributed by atoms with Gasteiger partial charge in [0.1, 0.15) is 12.4 Å². The molecule has 2 amide bonds. The lowest BCUT2D eigenvalue weighted by Gasteiger charge is -2.25. The summed E-state index contributed by atoms with van der Waals surface area (Å²) in [4.78, 5) is 39.6. The van der Waals surface area contributed by atoms with Gasteiger partial charge in [-0.05, 0) is 35.8 Å². The summed E-state index contributed by atoms with van der Waals surface area (Å²) in [6, 6.07) is 9.74. The number of esters is 1. The van der Waals surface area contributed by atoms with Crippen LogP contribution in [0.4, 0.5) is 10.5 Å². The van der Waals surface area contributed by atoms with Crippen LogP contribution in [0, 0.1) is 0 Å². The van der Waals surface area contributed by atoms with Crippen LogP contribution >= 0.6 is 34.8 Å². The van der Waals surface area contributed by atoms with E-state index in [1.54, 1.807) is 20.4 Å². The Morgan fingerprint density at radius 1 is 1.03 bits per heavy atom. The number of halogens is 3. The molecule has 0 unspecified atom stereocenters. The fourth-order valence-electron chi connectivity index (χ4n) is 3.90. The molecule has 39 heavy (non-hydrogen) atoms. The Morgan fingerprint density at radius 3 is 2.28 bits per heavy atom. The van der Waals surface area contributed by atoms with Gasteiger partial charge in [-0.15, -0.1) is 0 Å². The molecule has 2 aromatic carbocycles. The molecule has 0 saturated heterocycles. The van der Waals surface area contributed by atoms with Crippen LogP contribution in [0.5, 0.6) is 17.2 Å². The van der Waals surface area contributed by atoms with Crippen molar-refractivity contribution in [3.63, 3.8) is 0 Å². The van der Waals surface area contributed by atoms with E-state index in [1.165, 1.54) is 31.1 Å². The average Bonchev–Trinajstić information content (AvgIpc) is 3.30. The van der Waals surface area contributed by atoms with E-state index in [4.69, 9.17) is 58.5 Å². The van der Waals surface area contributed by atoms with E-state index < -0.39 is 28.4 Å². The zero-order valence-corrected chi connectivity index (χ0v) is 23.9. The Morgan fingerprint density at radius 2 is 1.72 bits per heavy atom. The summed E-state index contributed by atoms with van der Waals surface area (Å²) in [5, 5.41) is 2.46. The van der Waals surface area contributed by atoms with Gasteiger partial charge < -0.3 is 28.6 Å². The van der Waals surface area contributed by atoms with Crippen LogP contribution in [0.3, 0.4) is 0 Å². The molecule has 13 heteroatoms. The van der Waals surface area contributed by atoms with E-state index in [0.29, 0.717) is 12.2 Å². The SMILES string of the molecule is COC[C@@H]1CC(c2ccc(OC)cc2)=CN1C(=O)c1cc(OC)c(OC(C)=O)cc1NC(=O)OCC(Cl)(Cl)Cl. The summed E-state index contributed by atoms with van der Waals surface area (Å²) in [6.07, 6.45) is 1.24. The largest absolute Gasteiger partial charge is 0.497 e. The van der Waals surface area contributed by atoms with Crippen molar-refractivity contribution in [1.29, 1.82) is 0 Å². The molecular formula is C26H27Cl3N2O8. The molecule has 1 aliphatic rings. The van der Waals surface area contributed by atoms with Gasteiger partial charge in [0.25, 0.3) is 5.91 Å². The summed E-state index contributed by atoms with van der Waals surface area (Å²) in [7, 11) is 4.47. The van der Waals surface area contributed by atoms with Crippen molar-refractivity contribution in [2.45, 2.75) is 23.2 Å². The molecule has 2 aromatic rings. The molecule has 0 fully saturated rings. The predicted octanol–water partition coefficient (Wildman–Crippen LogP) is 5.45. The van der Waals surface area contributed by atoms with Crippen molar-refractivity contribution >= 4 is 64.0 Å². The summed E-state index contributed by atoms with van der Waals surface area (Å²) in [6.45, 7) is 0.903. The van der Waals surface area contributed by atoms with Crippen LogP contribution in [-0.2, 0) is 14.3 Å². The number of rotatable bonds is 9. The lowest BCUT2D eigenvalue weighted by molar-refractivity contribution is -0.132. The first-order valence-electron chi connectivity index (χ1n) is 11.5. The Labute approximate surface area is 240 Å². The molecule has 1 heterocycles. The maximum atomic E-state index is 13.9. The molecule has 1 N–H and O–H groups in total. The zero-order valence-electron chi connectivity index (χ0n) is 21.6. The molecular weight excluding hydrogens is 575 g/mol. The van der Waals surface area contributed by atoms with E-state index in [2.05, 4.69) is 5.32 Å². The van der Waals surface area contributed by atoms with Crippen molar-refractivity contribution in [2.75, 3.05) is 39.9 Å². The Balaban J connectivity index is 2.02. The minimum absolute atomic E-state index is 0.0196. The van der Waals surface area contributed by atoms with E-state index in [1.807, 2.05) is 24.3 Å². The number of nitrogens with one attached hydrogen (secondary N) is 1. The maximum absolute atomic E-state index is 13.9. The van der Waals surface area contributed by atoms with Gasteiger partial charge >= 0.3 is 12.1 Å². The predicted molar refractivity (Wildman–Crippen MR) is 147 cm³/mol. The maximum Gasteiger partial charge on any atom is 0.411 e. The lowest BCUT2D eigenvalue weighted by atomic mass is 10.0. The minimum atomic E-state index is -1.84. The van der Waals surface area contributed by atoms with Crippen LogP contribution in [0.15, 0.2) is 42.6 Å². The summed E-state index contributed by atoms with van der Waals surface area (Å²) in [5.41, 5.74) is 1.81. The second-order valence-corrected chi connectivity index (χ2v) is 10.9. The molecule has 0 bridgehead atoms. The van der Waals surface area contributed by atoms with E-state index in [0.717, 1.165) is 11.1 Å². The molecule has 0 spiro atoms. The molecule has 1 atom stereocenters. The number of amides is 2. The number of nitrogens with zero attached hydrogens (tertiary/aromatic N) is 1. The number of hydrogen-bond donors (Lipinski definition) is 1. The van der Waals surface area contributed by atoms with Crippen LogP contribution in [0.2, 0.25) is 0 Å². The third-order valence-electron chi connectivity index (χ3n) is 5.59. The fraction of sp³-hybridized carbons (Fsp3) is 0.346. The highest BCUT2D eigenvalue weighted by molar-refractivity contribution is 6.67. The van der Waals surface area contributed by atoms with Gasteiger partial charge in [-0.3, -0.25) is 14.9 Å². The number of hydrogen-bond acceptors (Lipinski definition) is 8. The summed E-state index contributed by atoms with van der Waals surface area (Å²) >= 11 is 17.0. The van der Waals surface area contributed by atoms with Gasteiger partial charge in [0.2, 0.25) is 3.79 Å². The average molecular weight is 602 g/mol. The summed E-state index contributed by atoms with van der Waals surface area (Å²) in [5.74, 6) is -0.344. The molecule has 0 aliphatic carbocycles. The Hall–Kier alpha value is -3.18. The van der Waals surface area contributed by atoms with Crippen molar-refractivity contribution in [1.82, 2.24) is 4.90 Å². The lowest BCUT2D eigenvalue weighted by Crippen LogP contribution is -2.36. The van der Waals surface area contributed by atoms with Gasteiger partial charge in [0, 0.05) is 26.3 Å². The van der Waals surface area contributed by atoms with Gasteiger partial charge in [0.15, 0.2) is 11.5 Å². The number of carbonyl (C=O) groups excluding carboxylic acids is 3. The zero-order chi connectivity index (χ0) is 28.7. The number of methoxy groups -OCH3 is 3. The molecule has 0 aromatic heterocycles. The monoisotopic (exact) mass is 600 g/mol. The standard InChI is InChI=1S/C26H27Cl3N2O8/c1-15(32)39-23-11-21(30-25(34)38-14-26(27,28)29)20(10-22(23)37-4)24(33)31-12-17(9-18(31)13-35-2)16-5-7-19(36-3)8-6-16/h5-8,10-12,18H,9,13-14H2,1-4H3,(H,30,34)/t18-/m0/s1. The number of alkyl halides is 3. The normalized spacial score (nSPS) is 14.9. The highest BCUT2D eigenvalue weighted by atomic mass is 35.6. The number of carbonyl (C=O) groups is 3. The number of anilines is 1. The second-order valence-electron chi connectivity index (χ2n) is 8.37. The third-order valence-corrected chi connectivity index (χ3v) is 5.92. The second kappa shape index (κ2) is 13.3. The highest BCUT2D eigenvalue weighted by Gasteiger charge is 2.33. The highest BCUT2D eigenvalue weighted by Crippen LogP contribution is 2.38. The van der Waals surface area contributed by atoms with Crippen LogP contribution < -0.4 is 19.5 Å². The Kier molecular flexibility index (Phi) is 10.3. The first kappa shape index (κ1) is 30.4. The van der Waals surface area contributed by atoms with Crippen molar-refractivity contribution in [3.05, 3.63) is 53.7 Å². The quantitative estimate of drug-likeness (QED) is 0.229. The van der Waals surface area contributed by atoms with Gasteiger partial charge in [-0.25, -0.2) is 4.79 Å². The van der Waals surface area contributed by atoms with Crippen molar-refractivity contribution in [3.8, 4) is 17.2 Å². The van der Waals surface area contributed by atoms with E-state index >= 15 is 0 Å². The number of benzene rings is 2.